The van der Waals surface area contributed by atoms with E-state index in [1.807, 2.05) is 56.4 Å². The third-order valence-corrected chi connectivity index (χ3v) is 5.12. The molecule has 0 bridgehead atoms. The quantitative estimate of drug-likeness (QED) is 0.443. The minimum atomic E-state index is -0.507. The Hall–Kier alpha value is -2.84. The van der Waals surface area contributed by atoms with Gasteiger partial charge in [0, 0.05) is 26.1 Å². The third kappa shape index (κ3) is 7.73. The number of ether oxygens (including phenoxy) is 2. The number of carbonyl (C=O) groups excluding carboxylic acids is 2. The van der Waals surface area contributed by atoms with Gasteiger partial charge in [-0.1, -0.05) is 30.4 Å². The summed E-state index contributed by atoms with van der Waals surface area (Å²) in [6, 6.07) is 5.64. The number of amides is 2. The van der Waals surface area contributed by atoms with Gasteiger partial charge in [-0.2, -0.15) is 0 Å². The topological polar surface area (TPSA) is 101 Å². The molecule has 31 heavy (non-hydrogen) atoms. The monoisotopic (exact) mass is 430 g/mol. The Morgan fingerprint density at radius 1 is 1.26 bits per heavy atom. The summed E-state index contributed by atoms with van der Waals surface area (Å²) < 4.78 is 10.5. The fourth-order valence-corrected chi connectivity index (χ4v) is 3.19. The Kier molecular flexibility index (Phi) is 9.55. The number of hydrazine groups is 1. The average Bonchev–Trinajstić information content (AvgIpc) is 2.78. The van der Waals surface area contributed by atoms with E-state index in [-0.39, 0.29) is 17.7 Å². The molecule has 4 N–H and O–H groups in total. The highest BCUT2D eigenvalue weighted by atomic mass is 16.5. The molecule has 1 fully saturated rings. The molecular weight excluding hydrogens is 396 g/mol. The largest absolute Gasteiger partial charge is 0.493 e. The van der Waals surface area contributed by atoms with Gasteiger partial charge in [0.2, 0.25) is 11.8 Å². The molecular formula is C23H34N4O4. The summed E-state index contributed by atoms with van der Waals surface area (Å²) in [6.45, 7) is 5.38. The molecule has 0 radical (unpaired) electrons. The van der Waals surface area contributed by atoms with Gasteiger partial charge in [-0.15, -0.1) is 0 Å². The van der Waals surface area contributed by atoms with E-state index in [2.05, 4.69) is 21.5 Å². The number of carbonyl (C=O) groups is 2. The summed E-state index contributed by atoms with van der Waals surface area (Å²) in [5, 5.41) is 6.27. The van der Waals surface area contributed by atoms with E-state index in [9.17, 15) is 9.59 Å². The SMILES string of the molecule is C/C=C\C=C/C1CNCC(C)(CNC(=O)CCc2ccc(OC)c(OC)c2)NNC1=O. The Balaban J connectivity index is 1.82. The first kappa shape index (κ1) is 24.4. The van der Waals surface area contributed by atoms with Crippen LogP contribution >= 0.6 is 0 Å². The second kappa shape index (κ2) is 12.1. The lowest BCUT2D eigenvalue weighted by Gasteiger charge is -2.34. The third-order valence-electron chi connectivity index (χ3n) is 5.12. The molecule has 1 aliphatic heterocycles. The van der Waals surface area contributed by atoms with E-state index < -0.39 is 5.54 Å². The maximum absolute atomic E-state index is 12.4. The first-order chi connectivity index (χ1) is 14.9. The van der Waals surface area contributed by atoms with Crippen molar-refractivity contribution in [2.24, 2.45) is 5.92 Å². The predicted molar refractivity (Wildman–Crippen MR) is 121 cm³/mol. The van der Waals surface area contributed by atoms with Crippen LogP contribution in [0.3, 0.4) is 0 Å². The van der Waals surface area contributed by atoms with Gasteiger partial charge in [0.25, 0.3) is 0 Å². The second-order valence-corrected chi connectivity index (χ2v) is 7.79. The first-order valence-corrected chi connectivity index (χ1v) is 10.5. The summed E-state index contributed by atoms with van der Waals surface area (Å²) in [4.78, 5) is 24.7. The first-order valence-electron chi connectivity index (χ1n) is 10.5. The van der Waals surface area contributed by atoms with Crippen molar-refractivity contribution in [1.29, 1.82) is 0 Å². The Morgan fingerprint density at radius 3 is 2.74 bits per heavy atom. The van der Waals surface area contributed by atoms with E-state index in [0.717, 1.165) is 5.56 Å². The number of nitrogens with one attached hydrogen (secondary N) is 4. The molecule has 0 saturated carbocycles. The van der Waals surface area contributed by atoms with E-state index in [1.165, 1.54) is 0 Å². The van der Waals surface area contributed by atoms with Gasteiger partial charge in [-0.05, 0) is 38.0 Å². The van der Waals surface area contributed by atoms with Gasteiger partial charge in [-0.25, -0.2) is 5.43 Å². The van der Waals surface area contributed by atoms with Gasteiger partial charge < -0.3 is 20.1 Å². The summed E-state index contributed by atoms with van der Waals surface area (Å²) in [5.41, 5.74) is 6.33. The number of hydrogen-bond donors (Lipinski definition) is 4. The smallest absolute Gasteiger partial charge is 0.242 e. The number of hydrogen-bond acceptors (Lipinski definition) is 6. The van der Waals surface area contributed by atoms with Crippen LogP contribution in [0.1, 0.15) is 25.8 Å². The molecule has 1 aliphatic rings. The number of rotatable bonds is 9. The standard InChI is InChI=1S/C23H34N4O4/c1-5-6-7-8-18-14-24-15-23(2,27-26-22(18)29)16-25-21(28)12-10-17-9-11-19(30-3)20(13-17)31-4/h5-9,11,13,18,24,27H,10,12,14-16H2,1-4H3,(H,25,28)(H,26,29)/b6-5-,8-7-. The van der Waals surface area contributed by atoms with Crippen LogP contribution in [0, 0.1) is 5.92 Å². The maximum Gasteiger partial charge on any atom is 0.242 e. The van der Waals surface area contributed by atoms with Crippen LogP contribution in [-0.4, -0.2) is 51.2 Å². The second-order valence-electron chi connectivity index (χ2n) is 7.79. The fourth-order valence-electron chi connectivity index (χ4n) is 3.19. The number of benzene rings is 1. The zero-order valence-corrected chi connectivity index (χ0v) is 18.8. The molecule has 8 nitrogen and oxygen atoms in total. The van der Waals surface area contributed by atoms with Crippen molar-refractivity contribution >= 4 is 11.8 Å². The van der Waals surface area contributed by atoms with Crippen molar-refractivity contribution in [2.45, 2.75) is 32.2 Å². The molecule has 8 heteroatoms. The molecule has 2 unspecified atom stereocenters. The highest BCUT2D eigenvalue weighted by Gasteiger charge is 2.29. The molecule has 2 amide bonds. The van der Waals surface area contributed by atoms with Crippen LogP contribution in [0.25, 0.3) is 0 Å². The van der Waals surface area contributed by atoms with E-state index >= 15 is 0 Å². The normalized spacial score (nSPS) is 22.1. The van der Waals surface area contributed by atoms with Crippen molar-refractivity contribution in [3.05, 3.63) is 48.1 Å². The highest BCUT2D eigenvalue weighted by Crippen LogP contribution is 2.27. The summed E-state index contributed by atoms with van der Waals surface area (Å²) in [5.74, 6) is 0.877. The van der Waals surface area contributed by atoms with Crippen molar-refractivity contribution in [1.82, 2.24) is 21.5 Å². The van der Waals surface area contributed by atoms with Crippen LogP contribution in [0.4, 0.5) is 0 Å². The van der Waals surface area contributed by atoms with Crippen molar-refractivity contribution < 1.29 is 19.1 Å². The minimum absolute atomic E-state index is 0.0571. The Morgan fingerprint density at radius 2 is 2.03 bits per heavy atom. The highest BCUT2D eigenvalue weighted by molar-refractivity contribution is 5.80. The summed E-state index contributed by atoms with van der Waals surface area (Å²) in [7, 11) is 3.18. The predicted octanol–water partition coefficient (Wildman–Crippen LogP) is 1.48. The van der Waals surface area contributed by atoms with E-state index in [4.69, 9.17) is 9.47 Å². The van der Waals surface area contributed by atoms with Crippen molar-refractivity contribution in [3.63, 3.8) is 0 Å². The molecule has 1 aromatic rings. The van der Waals surface area contributed by atoms with Crippen LogP contribution in [0.5, 0.6) is 11.5 Å². The summed E-state index contributed by atoms with van der Waals surface area (Å²) >= 11 is 0. The Bertz CT molecular complexity index is 809. The van der Waals surface area contributed by atoms with Crippen LogP contribution in [0.2, 0.25) is 0 Å². The lowest BCUT2D eigenvalue weighted by atomic mass is 10.0. The van der Waals surface area contributed by atoms with Crippen LogP contribution < -0.4 is 31.0 Å². The van der Waals surface area contributed by atoms with Crippen LogP contribution in [-0.2, 0) is 16.0 Å². The van der Waals surface area contributed by atoms with Gasteiger partial charge in [-0.3, -0.25) is 15.0 Å². The molecule has 0 aliphatic carbocycles. The molecule has 0 aromatic heterocycles. The van der Waals surface area contributed by atoms with Crippen molar-refractivity contribution in [2.75, 3.05) is 33.9 Å². The summed E-state index contributed by atoms with van der Waals surface area (Å²) in [6.07, 6.45) is 8.47. The van der Waals surface area contributed by atoms with E-state index in [0.29, 0.717) is 44.0 Å². The fraction of sp³-hybridized carbons (Fsp3) is 0.478. The van der Waals surface area contributed by atoms with Crippen molar-refractivity contribution in [3.8, 4) is 11.5 Å². The maximum atomic E-state index is 12.4. The molecule has 0 spiro atoms. The molecule has 170 valence electrons. The minimum Gasteiger partial charge on any atom is -0.493 e. The molecule has 1 heterocycles. The van der Waals surface area contributed by atoms with Gasteiger partial charge >= 0.3 is 0 Å². The molecule has 2 atom stereocenters. The van der Waals surface area contributed by atoms with Gasteiger partial charge in [0.15, 0.2) is 11.5 Å². The lowest BCUT2D eigenvalue weighted by Crippen LogP contribution is -2.65. The zero-order chi connectivity index (χ0) is 22.7. The van der Waals surface area contributed by atoms with E-state index in [1.54, 1.807) is 14.2 Å². The molecule has 2 rings (SSSR count). The average molecular weight is 431 g/mol. The lowest BCUT2D eigenvalue weighted by molar-refractivity contribution is -0.125. The number of allylic oxidation sites excluding steroid dienone is 3. The molecule has 1 aromatic carbocycles. The van der Waals surface area contributed by atoms with Crippen LogP contribution in [0.15, 0.2) is 42.5 Å². The van der Waals surface area contributed by atoms with Gasteiger partial charge in [0.05, 0.1) is 25.7 Å². The number of methoxy groups -OCH3 is 2. The number of aryl methyl sites for hydroxylation is 1. The molecule has 1 saturated heterocycles. The van der Waals surface area contributed by atoms with Gasteiger partial charge in [0.1, 0.15) is 0 Å². The Labute approximate surface area is 184 Å². The zero-order valence-electron chi connectivity index (χ0n) is 18.8.